The molecule has 1 aliphatic heterocycles. The van der Waals surface area contributed by atoms with Crippen molar-refractivity contribution in [3.05, 3.63) is 0 Å². The summed E-state index contributed by atoms with van der Waals surface area (Å²) in [4.78, 5) is 14.5. The molecule has 0 aliphatic carbocycles. The number of nitrogens with two attached hydrogens (primary N) is 1. The monoisotopic (exact) mass is 305 g/mol. The van der Waals surface area contributed by atoms with Crippen molar-refractivity contribution in [2.24, 2.45) is 17.6 Å². The maximum absolute atomic E-state index is 12.0. The molecule has 4 nitrogen and oxygen atoms in total. The molecular formula is C15H32ClN3O. The van der Waals surface area contributed by atoms with Crippen molar-refractivity contribution in [1.29, 1.82) is 0 Å². The SMILES string of the molecule is CCC(C)C(N)C(=O)NC(C)CN1CCCC(C)C1.Cl. The molecule has 120 valence electrons. The summed E-state index contributed by atoms with van der Waals surface area (Å²) in [6.07, 6.45) is 3.54. The molecule has 0 saturated carbocycles. The number of carbonyl (C=O) groups excluding carboxylic acids is 1. The summed E-state index contributed by atoms with van der Waals surface area (Å²) in [6.45, 7) is 11.7. The van der Waals surface area contributed by atoms with E-state index in [-0.39, 0.29) is 36.3 Å². The number of likely N-dealkylation sites (tertiary alicyclic amines) is 1. The lowest BCUT2D eigenvalue weighted by Crippen LogP contribution is -2.51. The van der Waals surface area contributed by atoms with Crippen LogP contribution in [0.25, 0.3) is 0 Å². The molecule has 1 rings (SSSR count). The second-order valence-corrected chi connectivity index (χ2v) is 6.33. The third-order valence-corrected chi connectivity index (χ3v) is 4.22. The standard InChI is InChI=1S/C15H31N3O.ClH/c1-5-12(3)14(16)15(19)17-13(4)10-18-8-6-7-11(2)9-18;/h11-14H,5-10,16H2,1-4H3,(H,17,19);1H. The lowest BCUT2D eigenvalue weighted by atomic mass is 9.98. The number of hydrogen-bond donors (Lipinski definition) is 2. The Morgan fingerprint density at radius 3 is 2.65 bits per heavy atom. The molecule has 20 heavy (non-hydrogen) atoms. The van der Waals surface area contributed by atoms with Gasteiger partial charge in [0.05, 0.1) is 6.04 Å². The van der Waals surface area contributed by atoms with E-state index in [1.54, 1.807) is 0 Å². The normalized spacial score (nSPS) is 24.4. The predicted octanol–water partition coefficient (Wildman–Crippen LogP) is 2.02. The van der Waals surface area contributed by atoms with E-state index in [1.165, 1.54) is 12.8 Å². The van der Waals surface area contributed by atoms with Crippen LogP contribution in [0, 0.1) is 11.8 Å². The summed E-state index contributed by atoms with van der Waals surface area (Å²) < 4.78 is 0. The minimum absolute atomic E-state index is 0. The summed E-state index contributed by atoms with van der Waals surface area (Å²) in [5.74, 6) is 1.01. The summed E-state index contributed by atoms with van der Waals surface area (Å²) in [5.41, 5.74) is 5.95. The van der Waals surface area contributed by atoms with Gasteiger partial charge in [0.1, 0.15) is 0 Å². The summed E-state index contributed by atoms with van der Waals surface area (Å²) in [6, 6.07) is -0.208. The molecule has 1 amide bonds. The highest BCUT2D eigenvalue weighted by molar-refractivity contribution is 5.85. The van der Waals surface area contributed by atoms with Crippen LogP contribution in [0.2, 0.25) is 0 Å². The average Bonchev–Trinajstić information content (AvgIpc) is 2.36. The third-order valence-electron chi connectivity index (χ3n) is 4.22. The summed E-state index contributed by atoms with van der Waals surface area (Å²) in [7, 11) is 0. The van der Waals surface area contributed by atoms with E-state index in [0.29, 0.717) is 0 Å². The molecule has 0 aromatic rings. The Morgan fingerprint density at radius 1 is 1.45 bits per heavy atom. The van der Waals surface area contributed by atoms with Gasteiger partial charge in [0, 0.05) is 19.1 Å². The molecule has 5 heteroatoms. The minimum atomic E-state index is -0.382. The molecule has 1 aliphatic rings. The zero-order chi connectivity index (χ0) is 14.4. The van der Waals surface area contributed by atoms with E-state index in [9.17, 15) is 4.79 Å². The van der Waals surface area contributed by atoms with Gasteiger partial charge in [-0.1, -0.05) is 27.2 Å². The fourth-order valence-corrected chi connectivity index (χ4v) is 2.74. The first-order chi connectivity index (χ1) is 8.93. The fraction of sp³-hybridized carbons (Fsp3) is 0.933. The van der Waals surface area contributed by atoms with Crippen LogP contribution < -0.4 is 11.1 Å². The van der Waals surface area contributed by atoms with Crippen molar-refractivity contribution in [3.63, 3.8) is 0 Å². The number of carbonyl (C=O) groups is 1. The Balaban J connectivity index is 0.00000361. The van der Waals surface area contributed by atoms with Gasteiger partial charge < -0.3 is 16.0 Å². The van der Waals surface area contributed by atoms with Gasteiger partial charge in [-0.25, -0.2) is 0 Å². The molecule has 1 heterocycles. The molecule has 1 fully saturated rings. The van der Waals surface area contributed by atoms with Crippen molar-refractivity contribution in [3.8, 4) is 0 Å². The number of hydrogen-bond acceptors (Lipinski definition) is 3. The number of halogens is 1. The van der Waals surface area contributed by atoms with Crippen LogP contribution in [0.4, 0.5) is 0 Å². The maximum Gasteiger partial charge on any atom is 0.237 e. The Labute approximate surface area is 130 Å². The Hall–Kier alpha value is -0.320. The molecule has 0 bridgehead atoms. The topological polar surface area (TPSA) is 58.4 Å². The van der Waals surface area contributed by atoms with E-state index < -0.39 is 0 Å². The maximum atomic E-state index is 12.0. The van der Waals surface area contributed by atoms with E-state index in [2.05, 4.69) is 31.0 Å². The highest BCUT2D eigenvalue weighted by Crippen LogP contribution is 2.15. The number of amides is 1. The lowest BCUT2D eigenvalue weighted by molar-refractivity contribution is -0.124. The van der Waals surface area contributed by atoms with E-state index in [4.69, 9.17) is 5.73 Å². The molecule has 0 aromatic heterocycles. The van der Waals surface area contributed by atoms with Crippen molar-refractivity contribution >= 4 is 18.3 Å². The molecule has 4 atom stereocenters. The molecule has 1 saturated heterocycles. The fourth-order valence-electron chi connectivity index (χ4n) is 2.74. The highest BCUT2D eigenvalue weighted by Gasteiger charge is 2.23. The summed E-state index contributed by atoms with van der Waals surface area (Å²) in [5, 5.41) is 3.05. The third kappa shape index (κ3) is 6.42. The minimum Gasteiger partial charge on any atom is -0.351 e. The lowest BCUT2D eigenvalue weighted by Gasteiger charge is -2.33. The Morgan fingerprint density at radius 2 is 2.10 bits per heavy atom. The molecule has 0 radical (unpaired) electrons. The predicted molar refractivity (Wildman–Crippen MR) is 87.1 cm³/mol. The molecule has 0 aromatic carbocycles. The first-order valence-electron chi connectivity index (χ1n) is 7.72. The van der Waals surface area contributed by atoms with Gasteiger partial charge in [-0.2, -0.15) is 0 Å². The molecule has 3 N–H and O–H groups in total. The van der Waals surface area contributed by atoms with Crippen LogP contribution in [0.3, 0.4) is 0 Å². The van der Waals surface area contributed by atoms with Crippen LogP contribution >= 0.6 is 12.4 Å². The van der Waals surface area contributed by atoms with Gasteiger partial charge in [-0.3, -0.25) is 4.79 Å². The molecule has 4 unspecified atom stereocenters. The van der Waals surface area contributed by atoms with Gasteiger partial charge in [-0.05, 0) is 38.1 Å². The zero-order valence-corrected chi connectivity index (χ0v) is 14.2. The van der Waals surface area contributed by atoms with Crippen LogP contribution in [0.1, 0.15) is 47.0 Å². The Kier molecular flexibility index (Phi) is 9.43. The van der Waals surface area contributed by atoms with E-state index in [1.807, 2.05) is 6.92 Å². The number of rotatable bonds is 6. The average molecular weight is 306 g/mol. The number of piperidine rings is 1. The van der Waals surface area contributed by atoms with E-state index in [0.717, 1.165) is 32.0 Å². The van der Waals surface area contributed by atoms with Crippen molar-refractivity contribution in [1.82, 2.24) is 10.2 Å². The van der Waals surface area contributed by atoms with Crippen molar-refractivity contribution in [2.45, 2.75) is 59.0 Å². The van der Waals surface area contributed by atoms with Crippen LogP contribution in [0.5, 0.6) is 0 Å². The second-order valence-electron chi connectivity index (χ2n) is 6.33. The van der Waals surface area contributed by atoms with Gasteiger partial charge in [0.25, 0.3) is 0 Å². The van der Waals surface area contributed by atoms with Crippen molar-refractivity contribution < 1.29 is 4.79 Å². The van der Waals surface area contributed by atoms with Gasteiger partial charge in [0.2, 0.25) is 5.91 Å². The van der Waals surface area contributed by atoms with Crippen LogP contribution in [-0.4, -0.2) is 42.5 Å². The first kappa shape index (κ1) is 19.7. The first-order valence-corrected chi connectivity index (χ1v) is 7.72. The smallest absolute Gasteiger partial charge is 0.237 e. The number of nitrogens with zero attached hydrogens (tertiary/aromatic N) is 1. The largest absolute Gasteiger partial charge is 0.351 e. The molecule has 0 spiro atoms. The van der Waals surface area contributed by atoms with Crippen LogP contribution in [0.15, 0.2) is 0 Å². The van der Waals surface area contributed by atoms with Gasteiger partial charge in [-0.15, -0.1) is 12.4 Å². The van der Waals surface area contributed by atoms with Gasteiger partial charge in [0.15, 0.2) is 0 Å². The number of nitrogens with one attached hydrogen (secondary N) is 1. The zero-order valence-electron chi connectivity index (χ0n) is 13.4. The highest BCUT2D eigenvalue weighted by atomic mass is 35.5. The summed E-state index contributed by atoms with van der Waals surface area (Å²) >= 11 is 0. The molecular weight excluding hydrogens is 274 g/mol. The quantitative estimate of drug-likeness (QED) is 0.789. The Bertz CT molecular complexity index is 288. The van der Waals surface area contributed by atoms with Crippen LogP contribution in [-0.2, 0) is 4.79 Å². The van der Waals surface area contributed by atoms with Crippen molar-refractivity contribution in [2.75, 3.05) is 19.6 Å². The van der Waals surface area contributed by atoms with Gasteiger partial charge >= 0.3 is 0 Å². The second kappa shape index (κ2) is 9.59. The van der Waals surface area contributed by atoms with E-state index >= 15 is 0 Å².